The van der Waals surface area contributed by atoms with Crippen LogP contribution in [0.4, 0.5) is 0 Å². The van der Waals surface area contributed by atoms with E-state index < -0.39 is 0 Å². The molecular formula is C34H28Br2N2S2+2. The van der Waals surface area contributed by atoms with Crippen LogP contribution in [-0.4, -0.2) is 0 Å². The minimum absolute atomic E-state index is 0.995. The Morgan fingerprint density at radius 3 is 2.02 bits per heavy atom. The molecule has 0 bridgehead atoms. The smallest absolute Gasteiger partial charge is 0.198 e. The van der Waals surface area contributed by atoms with Crippen LogP contribution in [0.5, 0.6) is 0 Å². The summed E-state index contributed by atoms with van der Waals surface area (Å²) < 4.78 is 7.30. The van der Waals surface area contributed by atoms with Gasteiger partial charge in [0.2, 0.25) is 17.1 Å². The first-order valence-electron chi connectivity index (χ1n) is 13.5. The normalized spacial score (nSPS) is 13.9. The average Bonchev–Trinajstić information content (AvgIpc) is 3.59. The Hall–Kier alpha value is -2.64. The molecule has 2 aliphatic rings. The van der Waals surface area contributed by atoms with Crippen LogP contribution in [0.15, 0.2) is 68.4 Å². The number of fused-ring (bicyclic) bond motifs is 7. The Morgan fingerprint density at radius 1 is 0.700 bits per heavy atom. The molecule has 2 nitrogen and oxygen atoms in total. The Morgan fingerprint density at radius 2 is 1.35 bits per heavy atom. The third-order valence-electron chi connectivity index (χ3n) is 8.25. The van der Waals surface area contributed by atoms with Crippen LogP contribution in [0.2, 0.25) is 0 Å². The molecule has 0 saturated heterocycles. The molecule has 0 atom stereocenters. The molecule has 198 valence electrons. The van der Waals surface area contributed by atoms with E-state index in [1.54, 1.807) is 22.7 Å². The van der Waals surface area contributed by atoms with E-state index in [-0.39, 0.29) is 0 Å². The molecule has 0 fully saturated rings. The lowest BCUT2D eigenvalue weighted by atomic mass is 9.79. The number of nitrogens with zero attached hydrogens (tertiary/aromatic N) is 2. The third kappa shape index (κ3) is 4.69. The second kappa shape index (κ2) is 10.6. The average molecular weight is 689 g/mol. The van der Waals surface area contributed by atoms with Crippen molar-refractivity contribution < 1.29 is 9.13 Å². The Bertz CT molecular complexity index is 1830. The summed E-state index contributed by atoms with van der Waals surface area (Å²) in [6, 6.07) is 20.0. The van der Waals surface area contributed by atoms with Crippen LogP contribution in [0.3, 0.4) is 0 Å². The first-order chi connectivity index (χ1) is 19.5. The molecule has 0 N–H and O–H groups in total. The Kier molecular flexibility index (Phi) is 6.99. The number of benzene rings is 1. The zero-order valence-corrected chi connectivity index (χ0v) is 27.2. The molecule has 0 unspecified atom stereocenters. The predicted octanol–water partition coefficient (Wildman–Crippen LogP) is 9.31. The maximum atomic E-state index is 3.60. The zero-order chi connectivity index (χ0) is 27.4. The highest BCUT2D eigenvalue weighted by molar-refractivity contribution is 9.11. The van der Waals surface area contributed by atoms with E-state index in [1.807, 2.05) is 0 Å². The SMILES string of the molecule is Cc1c(C)c2c(c3c1CC[n+]1ccc(C=Cc4ccc(Br)s4)cc1-3)-c1cccc(C=Cc3ccc(Br)s3)[n+]1CC2. The molecule has 0 saturated carbocycles. The van der Waals surface area contributed by atoms with E-state index in [0.717, 1.165) is 33.5 Å². The van der Waals surface area contributed by atoms with Gasteiger partial charge in [0, 0.05) is 52.9 Å². The molecule has 5 aromatic rings. The standard InChI is InChI=1S/C34H28Br2N2S2/c1-21-22(2)28-16-19-38-24(7-9-26-11-13-32(36)40-26)4-3-5-29(38)33(28)34-27(21)15-18-37-17-14-23(20-30(34)37)6-8-25-10-12-31(35)39-25/h3-14,17,20H,15-16,18-19H2,1-2H3/q+2. The van der Waals surface area contributed by atoms with Gasteiger partial charge in [0.05, 0.1) is 18.7 Å². The summed E-state index contributed by atoms with van der Waals surface area (Å²) in [6.45, 7) is 6.69. The number of hydrogen-bond acceptors (Lipinski definition) is 2. The van der Waals surface area contributed by atoms with Gasteiger partial charge >= 0.3 is 0 Å². The Balaban J connectivity index is 1.39. The fraction of sp³-hybridized carbons (Fsp3) is 0.176. The van der Waals surface area contributed by atoms with Crippen LogP contribution in [0, 0.1) is 13.8 Å². The highest BCUT2D eigenvalue weighted by atomic mass is 79.9. The number of thiophene rings is 2. The Labute approximate surface area is 260 Å². The quantitative estimate of drug-likeness (QED) is 0.166. The van der Waals surface area contributed by atoms with Gasteiger partial charge in [-0.2, -0.15) is 9.13 Å². The van der Waals surface area contributed by atoms with Crippen molar-refractivity contribution in [1.82, 2.24) is 0 Å². The molecule has 7 rings (SSSR count). The molecule has 2 aliphatic heterocycles. The summed E-state index contributed by atoms with van der Waals surface area (Å²) in [5, 5.41) is 0. The summed E-state index contributed by atoms with van der Waals surface area (Å²) in [5.74, 6) is 0. The molecule has 6 heterocycles. The van der Waals surface area contributed by atoms with Crippen LogP contribution in [0.25, 0.3) is 46.8 Å². The summed E-state index contributed by atoms with van der Waals surface area (Å²) >= 11 is 10.7. The molecule has 0 radical (unpaired) electrons. The zero-order valence-electron chi connectivity index (χ0n) is 22.4. The predicted molar refractivity (Wildman–Crippen MR) is 176 cm³/mol. The van der Waals surface area contributed by atoms with Gasteiger partial charge < -0.3 is 0 Å². The van der Waals surface area contributed by atoms with E-state index in [0.29, 0.717) is 0 Å². The van der Waals surface area contributed by atoms with Gasteiger partial charge in [-0.3, -0.25) is 0 Å². The first kappa shape index (κ1) is 26.3. The fourth-order valence-corrected chi connectivity index (χ4v) is 8.84. The van der Waals surface area contributed by atoms with Gasteiger partial charge in [-0.15, -0.1) is 22.7 Å². The van der Waals surface area contributed by atoms with Crippen molar-refractivity contribution in [2.45, 2.75) is 39.8 Å². The van der Waals surface area contributed by atoms with Gasteiger partial charge in [0.1, 0.15) is 0 Å². The minimum Gasteiger partial charge on any atom is -0.198 e. The van der Waals surface area contributed by atoms with Crippen molar-refractivity contribution in [3.05, 3.63) is 112 Å². The van der Waals surface area contributed by atoms with Gasteiger partial charge in [0.15, 0.2) is 19.3 Å². The minimum atomic E-state index is 0.995. The molecular weight excluding hydrogens is 660 g/mol. The van der Waals surface area contributed by atoms with Crippen LogP contribution in [0.1, 0.15) is 43.3 Å². The highest BCUT2D eigenvalue weighted by Gasteiger charge is 2.36. The molecule has 1 aromatic carbocycles. The van der Waals surface area contributed by atoms with Gasteiger partial charge in [-0.1, -0.05) is 6.08 Å². The van der Waals surface area contributed by atoms with Gasteiger partial charge in [-0.25, -0.2) is 0 Å². The van der Waals surface area contributed by atoms with Crippen molar-refractivity contribution in [2.75, 3.05) is 0 Å². The van der Waals surface area contributed by atoms with Crippen LogP contribution < -0.4 is 9.13 Å². The number of pyridine rings is 2. The maximum absolute atomic E-state index is 3.60. The van der Waals surface area contributed by atoms with Gasteiger partial charge in [-0.05, 0) is 116 Å². The van der Waals surface area contributed by atoms with E-state index in [1.165, 1.54) is 65.8 Å². The number of hydrogen-bond donors (Lipinski definition) is 0. The van der Waals surface area contributed by atoms with E-state index in [4.69, 9.17) is 0 Å². The molecule has 0 aliphatic carbocycles. The van der Waals surface area contributed by atoms with E-state index in [9.17, 15) is 0 Å². The number of rotatable bonds is 4. The lowest BCUT2D eigenvalue weighted by Gasteiger charge is -2.27. The second-order valence-electron chi connectivity index (χ2n) is 10.4. The van der Waals surface area contributed by atoms with E-state index in [2.05, 4.69) is 140 Å². The summed E-state index contributed by atoms with van der Waals surface area (Å²) in [7, 11) is 0. The van der Waals surface area contributed by atoms with Crippen molar-refractivity contribution in [1.29, 1.82) is 0 Å². The third-order valence-corrected chi connectivity index (χ3v) is 11.4. The molecule has 4 aromatic heterocycles. The van der Waals surface area contributed by atoms with Crippen LogP contribution in [-0.2, 0) is 25.9 Å². The molecule has 0 spiro atoms. The van der Waals surface area contributed by atoms with Crippen molar-refractivity contribution in [2.24, 2.45) is 0 Å². The molecule has 0 amide bonds. The monoisotopic (exact) mass is 686 g/mol. The number of halogens is 2. The number of aromatic nitrogens is 2. The summed E-state index contributed by atoms with van der Waals surface area (Å²) in [5.41, 5.74) is 14.0. The summed E-state index contributed by atoms with van der Waals surface area (Å²) in [6.07, 6.45) is 13.4. The lowest BCUT2D eigenvalue weighted by Crippen LogP contribution is -2.45. The topological polar surface area (TPSA) is 7.76 Å². The van der Waals surface area contributed by atoms with E-state index >= 15 is 0 Å². The lowest BCUT2D eigenvalue weighted by molar-refractivity contribution is -0.690. The molecule has 40 heavy (non-hydrogen) atoms. The molecule has 6 heteroatoms. The van der Waals surface area contributed by atoms with Crippen molar-refractivity contribution in [3.63, 3.8) is 0 Å². The largest absolute Gasteiger partial charge is 0.214 e. The highest BCUT2D eigenvalue weighted by Crippen LogP contribution is 2.43. The maximum Gasteiger partial charge on any atom is 0.214 e. The second-order valence-corrected chi connectivity index (χ2v) is 15.4. The van der Waals surface area contributed by atoms with Crippen molar-refractivity contribution >= 4 is 78.8 Å². The number of aryl methyl sites for hydroxylation is 1. The van der Waals surface area contributed by atoms with Crippen LogP contribution >= 0.6 is 54.5 Å². The van der Waals surface area contributed by atoms with Crippen molar-refractivity contribution in [3.8, 4) is 22.5 Å². The fourth-order valence-electron chi connectivity index (χ4n) is 6.19. The first-order valence-corrected chi connectivity index (χ1v) is 16.8. The summed E-state index contributed by atoms with van der Waals surface area (Å²) in [4.78, 5) is 2.51. The van der Waals surface area contributed by atoms with Gasteiger partial charge in [0.25, 0.3) is 0 Å².